The van der Waals surface area contributed by atoms with Gasteiger partial charge in [-0.1, -0.05) is 27.5 Å². The molecule has 1 heterocycles. The third kappa shape index (κ3) is 2.54. The topological polar surface area (TPSA) is 66.8 Å². The maximum absolute atomic E-state index is 10.9. The molecule has 0 aromatic heterocycles. The molecule has 1 aromatic rings. The normalized spacial score (nSPS) is 26.8. The highest BCUT2D eigenvalue weighted by molar-refractivity contribution is 9.10. The number of rotatable bonds is 2. The highest BCUT2D eigenvalue weighted by atomic mass is 79.9. The molecule has 1 aliphatic rings. The average Bonchev–Trinajstić information content (AvgIpc) is 2.18. The van der Waals surface area contributed by atoms with Gasteiger partial charge in [-0.25, -0.2) is 0 Å². The molecule has 0 radical (unpaired) electrons. The van der Waals surface area contributed by atoms with E-state index in [9.17, 15) is 9.90 Å². The van der Waals surface area contributed by atoms with E-state index in [0.717, 1.165) is 5.56 Å². The van der Waals surface area contributed by atoms with Gasteiger partial charge in [0.2, 0.25) is 5.79 Å². The largest absolute Gasteiger partial charge is 0.481 e. The van der Waals surface area contributed by atoms with Gasteiger partial charge in [0.25, 0.3) is 0 Å². The SMILES string of the molecule is C[C@@H]1Cc2c(Cl)cc(Br)cc2C(O)(CC(=O)O)O1. The molecule has 0 amide bonds. The minimum Gasteiger partial charge on any atom is -0.481 e. The van der Waals surface area contributed by atoms with Crippen LogP contribution in [0.2, 0.25) is 5.02 Å². The van der Waals surface area contributed by atoms with E-state index >= 15 is 0 Å². The summed E-state index contributed by atoms with van der Waals surface area (Å²) < 4.78 is 6.09. The van der Waals surface area contributed by atoms with Crippen LogP contribution in [0.3, 0.4) is 0 Å². The number of halogens is 2. The van der Waals surface area contributed by atoms with E-state index in [-0.39, 0.29) is 6.10 Å². The van der Waals surface area contributed by atoms with Gasteiger partial charge in [-0.3, -0.25) is 4.79 Å². The van der Waals surface area contributed by atoms with Gasteiger partial charge in [0.05, 0.1) is 6.10 Å². The van der Waals surface area contributed by atoms with Crippen LogP contribution in [-0.2, 0) is 21.7 Å². The molecule has 98 valence electrons. The molecule has 2 rings (SSSR count). The van der Waals surface area contributed by atoms with Gasteiger partial charge in [-0.15, -0.1) is 0 Å². The number of aliphatic carboxylic acids is 1. The molecule has 0 saturated carbocycles. The standard InChI is InChI=1S/C12H12BrClO4/c1-6-2-8-9(3-7(13)4-10(8)14)12(17,18-6)5-11(15)16/h3-4,6,17H,2,5H2,1H3,(H,15,16)/t6-,12?/m1/s1. The van der Waals surface area contributed by atoms with Crippen molar-refractivity contribution in [3.05, 3.63) is 32.8 Å². The smallest absolute Gasteiger partial charge is 0.309 e. The number of hydrogen-bond donors (Lipinski definition) is 2. The van der Waals surface area contributed by atoms with E-state index in [4.69, 9.17) is 21.4 Å². The van der Waals surface area contributed by atoms with Crippen molar-refractivity contribution in [2.45, 2.75) is 31.7 Å². The fourth-order valence-corrected chi connectivity index (χ4v) is 3.11. The molecule has 1 aliphatic heterocycles. The summed E-state index contributed by atoms with van der Waals surface area (Å²) in [6.07, 6.45) is -0.263. The van der Waals surface area contributed by atoms with Crippen LogP contribution < -0.4 is 0 Å². The molecular weight excluding hydrogens is 323 g/mol. The van der Waals surface area contributed by atoms with Crippen molar-refractivity contribution in [3.8, 4) is 0 Å². The lowest BCUT2D eigenvalue weighted by molar-refractivity contribution is -0.247. The summed E-state index contributed by atoms with van der Waals surface area (Å²) in [6.45, 7) is 1.77. The van der Waals surface area contributed by atoms with E-state index in [0.29, 0.717) is 21.5 Å². The van der Waals surface area contributed by atoms with Gasteiger partial charge in [-0.2, -0.15) is 0 Å². The number of benzene rings is 1. The fourth-order valence-electron chi connectivity index (χ4n) is 2.23. The monoisotopic (exact) mass is 334 g/mol. The molecule has 18 heavy (non-hydrogen) atoms. The van der Waals surface area contributed by atoms with E-state index < -0.39 is 18.2 Å². The Bertz CT molecular complexity index is 505. The molecule has 2 atom stereocenters. The Labute approximate surface area is 118 Å². The first-order valence-electron chi connectivity index (χ1n) is 5.42. The van der Waals surface area contributed by atoms with E-state index in [1.54, 1.807) is 19.1 Å². The van der Waals surface area contributed by atoms with Gasteiger partial charge in [0, 0.05) is 21.5 Å². The number of fused-ring (bicyclic) bond motifs is 1. The van der Waals surface area contributed by atoms with Crippen molar-refractivity contribution in [2.24, 2.45) is 0 Å². The lowest BCUT2D eigenvalue weighted by Gasteiger charge is -2.37. The second-order valence-electron chi connectivity index (χ2n) is 4.40. The second kappa shape index (κ2) is 4.81. The van der Waals surface area contributed by atoms with Crippen LogP contribution in [0.25, 0.3) is 0 Å². The molecule has 0 bridgehead atoms. The van der Waals surface area contributed by atoms with Crippen LogP contribution in [-0.4, -0.2) is 22.3 Å². The fraction of sp³-hybridized carbons (Fsp3) is 0.417. The Hall–Kier alpha value is -0.620. The lowest BCUT2D eigenvalue weighted by Crippen LogP contribution is -2.41. The Morgan fingerprint density at radius 2 is 2.33 bits per heavy atom. The summed E-state index contributed by atoms with van der Waals surface area (Å²) in [5.74, 6) is -2.96. The number of carboxylic acids is 1. The number of carbonyl (C=O) groups is 1. The van der Waals surface area contributed by atoms with Crippen LogP contribution in [0.4, 0.5) is 0 Å². The van der Waals surface area contributed by atoms with E-state index in [1.165, 1.54) is 0 Å². The van der Waals surface area contributed by atoms with Crippen LogP contribution in [0.1, 0.15) is 24.5 Å². The quantitative estimate of drug-likeness (QED) is 0.872. The summed E-state index contributed by atoms with van der Waals surface area (Å²) in [4.78, 5) is 10.9. The van der Waals surface area contributed by atoms with Gasteiger partial charge < -0.3 is 14.9 Å². The highest BCUT2D eigenvalue weighted by Crippen LogP contribution is 2.40. The Balaban J connectivity index is 2.57. The predicted molar refractivity (Wildman–Crippen MR) is 69.6 cm³/mol. The summed E-state index contributed by atoms with van der Waals surface area (Å²) in [7, 11) is 0. The van der Waals surface area contributed by atoms with Crippen LogP contribution in [0, 0.1) is 0 Å². The molecular formula is C12H12BrClO4. The van der Waals surface area contributed by atoms with Crippen molar-refractivity contribution < 1.29 is 19.7 Å². The molecule has 0 fully saturated rings. The van der Waals surface area contributed by atoms with Crippen LogP contribution >= 0.6 is 27.5 Å². The van der Waals surface area contributed by atoms with Crippen LogP contribution in [0.5, 0.6) is 0 Å². The number of hydrogen-bond acceptors (Lipinski definition) is 3. The predicted octanol–water partition coefficient (Wildman–Crippen LogP) is 2.68. The zero-order valence-corrected chi connectivity index (χ0v) is 12.0. The molecule has 0 spiro atoms. The maximum atomic E-state index is 10.9. The first-order chi connectivity index (χ1) is 8.32. The minimum atomic E-state index is -1.83. The highest BCUT2D eigenvalue weighted by Gasteiger charge is 2.41. The average molecular weight is 336 g/mol. The third-order valence-corrected chi connectivity index (χ3v) is 3.65. The number of ether oxygens (including phenoxy) is 1. The first kappa shape index (κ1) is 13.8. The third-order valence-electron chi connectivity index (χ3n) is 2.86. The Kier molecular flexibility index (Phi) is 3.69. The van der Waals surface area contributed by atoms with Gasteiger partial charge in [-0.05, 0) is 24.6 Å². The van der Waals surface area contributed by atoms with Gasteiger partial charge in [0.15, 0.2) is 0 Å². The number of aliphatic hydroxyl groups is 1. The van der Waals surface area contributed by atoms with Crippen molar-refractivity contribution >= 4 is 33.5 Å². The zero-order valence-electron chi connectivity index (χ0n) is 9.61. The minimum absolute atomic E-state index is 0.291. The van der Waals surface area contributed by atoms with E-state index in [1.807, 2.05) is 0 Å². The zero-order chi connectivity index (χ0) is 13.5. The molecule has 4 nitrogen and oxygen atoms in total. The first-order valence-corrected chi connectivity index (χ1v) is 6.59. The van der Waals surface area contributed by atoms with Crippen LogP contribution in [0.15, 0.2) is 16.6 Å². The van der Waals surface area contributed by atoms with Crippen molar-refractivity contribution in [3.63, 3.8) is 0 Å². The second-order valence-corrected chi connectivity index (χ2v) is 5.72. The summed E-state index contributed by atoms with van der Waals surface area (Å²) in [5.41, 5.74) is 1.16. The van der Waals surface area contributed by atoms with Gasteiger partial charge >= 0.3 is 5.97 Å². The maximum Gasteiger partial charge on any atom is 0.309 e. The summed E-state index contributed by atoms with van der Waals surface area (Å²) >= 11 is 9.41. The van der Waals surface area contributed by atoms with Crippen molar-refractivity contribution in [1.29, 1.82) is 0 Å². The summed E-state index contributed by atoms with van der Waals surface area (Å²) in [5, 5.41) is 19.8. The van der Waals surface area contributed by atoms with Gasteiger partial charge in [0.1, 0.15) is 6.42 Å². The molecule has 1 unspecified atom stereocenters. The summed E-state index contributed by atoms with van der Waals surface area (Å²) in [6, 6.07) is 3.37. The number of carboxylic acid groups (broad SMARTS) is 1. The molecule has 2 N–H and O–H groups in total. The molecule has 6 heteroatoms. The molecule has 0 saturated heterocycles. The van der Waals surface area contributed by atoms with E-state index in [2.05, 4.69) is 15.9 Å². The van der Waals surface area contributed by atoms with Crippen molar-refractivity contribution in [1.82, 2.24) is 0 Å². The molecule has 1 aromatic carbocycles. The lowest BCUT2D eigenvalue weighted by atomic mass is 9.90. The van der Waals surface area contributed by atoms with Crippen molar-refractivity contribution in [2.75, 3.05) is 0 Å². The Morgan fingerprint density at radius 1 is 1.67 bits per heavy atom. The molecule has 0 aliphatic carbocycles. The Morgan fingerprint density at radius 3 is 2.94 bits per heavy atom.